The second-order valence-electron chi connectivity index (χ2n) is 4.89. The molecule has 0 unspecified atom stereocenters. The van der Waals surface area contributed by atoms with Gasteiger partial charge in [-0.05, 0) is 59.5 Å². The first kappa shape index (κ1) is 14.2. The molecule has 4 aromatic carbocycles. The van der Waals surface area contributed by atoms with Crippen molar-refractivity contribution in [2.24, 2.45) is 0 Å². The van der Waals surface area contributed by atoms with Crippen molar-refractivity contribution in [2.75, 3.05) is 0 Å². The van der Waals surface area contributed by atoms with E-state index in [9.17, 15) is 5.11 Å². The Morgan fingerprint density at radius 3 is 1.48 bits per heavy atom. The fourth-order valence-electron chi connectivity index (χ4n) is 2.88. The van der Waals surface area contributed by atoms with E-state index in [1.54, 1.807) is 0 Å². The quantitative estimate of drug-likeness (QED) is 0.235. The molecule has 104 valence electrons. The summed E-state index contributed by atoms with van der Waals surface area (Å²) in [6.07, 6.45) is 0. The normalized spacial score (nSPS) is 12.0. The molecule has 0 saturated heterocycles. The molecule has 0 spiro atoms. The van der Waals surface area contributed by atoms with Crippen LogP contribution in [0.3, 0.4) is 0 Å². The number of benzene rings is 4. The van der Waals surface area contributed by atoms with Crippen molar-refractivity contribution in [3.8, 4) is 5.75 Å². The van der Waals surface area contributed by atoms with Crippen LogP contribution in [0.4, 0.5) is 0 Å². The van der Waals surface area contributed by atoms with Gasteiger partial charge in [0.15, 0.2) is 0 Å². The van der Waals surface area contributed by atoms with Crippen LogP contribution in [0.5, 0.6) is 5.75 Å². The zero-order valence-corrected chi connectivity index (χ0v) is 16.7. The first-order chi connectivity index (χ1) is 10.0. The van der Waals surface area contributed by atoms with Crippen LogP contribution < -0.4 is 0 Å². The number of aromatic hydroxyl groups is 1. The average molecular weight is 534 g/mol. The molecule has 21 heavy (non-hydrogen) atoms. The molecule has 0 saturated carbocycles. The molecule has 1 N–H and O–H groups in total. The number of hydrogen-bond acceptors (Lipinski definition) is 1. The lowest BCUT2D eigenvalue weighted by Crippen LogP contribution is -1.88. The molecule has 0 bridgehead atoms. The summed E-state index contributed by atoms with van der Waals surface area (Å²) >= 11 is 14.3. The van der Waals surface area contributed by atoms with Crippen LogP contribution in [0, 0.1) is 0 Å². The molecular formula is C16H6Br4O. The maximum absolute atomic E-state index is 10.3. The summed E-state index contributed by atoms with van der Waals surface area (Å²) in [4.78, 5) is 0. The largest absolute Gasteiger partial charge is 0.506 e. The lowest BCUT2D eigenvalue weighted by atomic mass is 9.94. The van der Waals surface area contributed by atoms with E-state index in [4.69, 9.17) is 0 Å². The zero-order valence-electron chi connectivity index (χ0n) is 10.3. The number of hydrogen-bond donors (Lipinski definition) is 1. The van der Waals surface area contributed by atoms with Gasteiger partial charge in [-0.2, -0.15) is 0 Å². The Balaban J connectivity index is 2.47. The fraction of sp³-hybridized carbons (Fsp3) is 0. The van der Waals surface area contributed by atoms with Gasteiger partial charge in [-0.25, -0.2) is 0 Å². The average Bonchev–Trinajstić information content (AvgIpc) is 2.48. The van der Waals surface area contributed by atoms with Crippen molar-refractivity contribution in [1.82, 2.24) is 0 Å². The van der Waals surface area contributed by atoms with Crippen LogP contribution in [0.25, 0.3) is 32.3 Å². The van der Waals surface area contributed by atoms with Gasteiger partial charge in [-0.15, -0.1) is 0 Å². The van der Waals surface area contributed by atoms with Gasteiger partial charge in [-0.3, -0.25) is 0 Å². The lowest BCUT2D eigenvalue weighted by molar-refractivity contribution is 0.470. The minimum absolute atomic E-state index is 0.235. The Labute approximate surface area is 154 Å². The predicted octanol–water partition coefficient (Wildman–Crippen LogP) is 7.34. The Bertz CT molecular complexity index is 964. The Hall–Kier alpha value is -0.360. The van der Waals surface area contributed by atoms with E-state index in [0.717, 1.165) is 35.9 Å². The van der Waals surface area contributed by atoms with Gasteiger partial charge in [0.2, 0.25) is 0 Å². The maximum Gasteiger partial charge on any atom is 0.145 e. The highest BCUT2D eigenvalue weighted by molar-refractivity contribution is 9.11. The smallest absolute Gasteiger partial charge is 0.145 e. The van der Waals surface area contributed by atoms with Crippen LogP contribution in [-0.4, -0.2) is 5.11 Å². The monoisotopic (exact) mass is 530 g/mol. The molecule has 0 aliphatic carbocycles. The van der Waals surface area contributed by atoms with Gasteiger partial charge in [0.05, 0.1) is 8.95 Å². The van der Waals surface area contributed by atoms with Crippen LogP contribution in [0.2, 0.25) is 0 Å². The third-order valence-electron chi connectivity index (χ3n) is 3.82. The number of phenols is 1. The second-order valence-corrected chi connectivity index (χ2v) is 8.18. The van der Waals surface area contributed by atoms with E-state index in [-0.39, 0.29) is 5.75 Å². The number of phenolic OH excluding ortho intramolecular Hbond substituents is 1. The van der Waals surface area contributed by atoms with Crippen LogP contribution in [0.1, 0.15) is 0 Å². The van der Waals surface area contributed by atoms with Gasteiger partial charge in [-0.1, -0.05) is 56.1 Å². The molecule has 0 aromatic heterocycles. The molecule has 0 heterocycles. The van der Waals surface area contributed by atoms with Crippen LogP contribution in [-0.2, 0) is 0 Å². The first-order valence-corrected chi connectivity index (χ1v) is 9.30. The van der Waals surface area contributed by atoms with Crippen molar-refractivity contribution < 1.29 is 5.11 Å². The minimum Gasteiger partial charge on any atom is -0.506 e. The highest BCUT2D eigenvalue weighted by Crippen LogP contribution is 2.48. The Kier molecular flexibility index (Phi) is 3.27. The summed E-state index contributed by atoms with van der Waals surface area (Å²) < 4.78 is 3.54. The molecule has 0 aliphatic heterocycles. The van der Waals surface area contributed by atoms with Gasteiger partial charge in [0.25, 0.3) is 0 Å². The summed E-state index contributed by atoms with van der Waals surface area (Å²) in [6, 6.07) is 10.3. The molecule has 0 atom stereocenters. The zero-order chi connectivity index (χ0) is 14.9. The van der Waals surface area contributed by atoms with E-state index < -0.39 is 0 Å². The number of rotatable bonds is 0. The number of halogens is 4. The molecule has 5 heteroatoms. The molecule has 0 amide bonds. The van der Waals surface area contributed by atoms with Gasteiger partial charge < -0.3 is 5.11 Å². The Morgan fingerprint density at radius 2 is 1.00 bits per heavy atom. The molecular weight excluding hydrogens is 528 g/mol. The maximum atomic E-state index is 10.3. The Morgan fingerprint density at radius 1 is 0.619 bits per heavy atom. The lowest BCUT2D eigenvalue weighted by Gasteiger charge is -2.16. The van der Waals surface area contributed by atoms with E-state index >= 15 is 0 Å². The third kappa shape index (κ3) is 1.84. The van der Waals surface area contributed by atoms with Gasteiger partial charge in [0.1, 0.15) is 5.75 Å². The molecule has 0 radical (unpaired) electrons. The highest BCUT2D eigenvalue weighted by atomic mass is 79.9. The third-order valence-corrected chi connectivity index (χ3v) is 6.74. The molecule has 0 fully saturated rings. The highest BCUT2D eigenvalue weighted by Gasteiger charge is 2.18. The van der Waals surface area contributed by atoms with Gasteiger partial charge >= 0.3 is 0 Å². The van der Waals surface area contributed by atoms with E-state index in [1.165, 1.54) is 5.39 Å². The standard InChI is InChI=1S/C16H6Br4O/c17-10-5-11(18)7-2-4-9-13-8(3-1-6(10)12(7)13)14(19)16(21)15(9)20/h1-5,21H. The predicted molar refractivity (Wildman–Crippen MR) is 103 cm³/mol. The SMILES string of the molecule is Oc1c(Br)c2ccc3c(Br)cc(Br)c4ccc(c1Br)c2c34. The first-order valence-electron chi connectivity index (χ1n) is 6.13. The van der Waals surface area contributed by atoms with Crippen molar-refractivity contribution in [3.05, 3.63) is 48.2 Å². The summed E-state index contributed by atoms with van der Waals surface area (Å²) in [6.45, 7) is 0. The molecule has 4 aromatic rings. The topological polar surface area (TPSA) is 20.2 Å². The van der Waals surface area contributed by atoms with Crippen molar-refractivity contribution in [2.45, 2.75) is 0 Å². The summed E-state index contributed by atoms with van der Waals surface area (Å²) in [5, 5.41) is 16.9. The molecule has 0 aliphatic rings. The molecule has 1 nitrogen and oxygen atoms in total. The van der Waals surface area contributed by atoms with Crippen molar-refractivity contribution >= 4 is 96.0 Å². The summed E-state index contributed by atoms with van der Waals surface area (Å²) in [5.74, 6) is 0.235. The van der Waals surface area contributed by atoms with Crippen molar-refractivity contribution in [1.29, 1.82) is 0 Å². The minimum atomic E-state index is 0.235. The van der Waals surface area contributed by atoms with Crippen molar-refractivity contribution in [3.63, 3.8) is 0 Å². The summed E-state index contributed by atoms with van der Waals surface area (Å²) in [7, 11) is 0. The summed E-state index contributed by atoms with van der Waals surface area (Å²) in [5.41, 5.74) is 0. The fourth-order valence-corrected chi connectivity index (χ4v) is 5.63. The van der Waals surface area contributed by atoms with Gasteiger partial charge in [0, 0.05) is 19.7 Å². The molecule has 4 rings (SSSR count). The van der Waals surface area contributed by atoms with E-state index in [1.807, 2.05) is 12.1 Å². The van der Waals surface area contributed by atoms with Crippen LogP contribution in [0.15, 0.2) is 48.2 Å². The van der Waals surface area contributed by atoms with E-state index in [2.05, 4.69) is 81.9 Å². The van der Waals surface area contributed by atoms with E-state index in [0.29, 0.717) is 8.95 Å². The van der Waals surface area contributed by atoms with Crippen LogP contribution >= 0.6 is 63.7 Å². The second kappa shape index (κ2) is 4.82.